The van der Waals surface area contributed by atoms with Crippen LogP contribution in [0.15, 0.2) is 59.1 Å². The molecule has 1 aliphatic heterocycles. The summed E-state index contributed by atoms with van der Waals surface area (Å²) in [5.74, 6) is 0.747. The van der Waals surface area contributed by atoms with Crippen molar-refractivity contribution in [2.24, 2.45) is 0 Å². The number of benzene rings is 2. The molecule has 0 bridgehead atoms. The van der Waals surface area contributed by atoms with Crippen molar-refractivity contribution in [3.05, 3.63) is 70.2 Å². The highest BCUT2D eigenvalue weighted by Gasteiger charge is 2.23. The lowest BCUT2D eigenvalue weighted by Crippen LogP contribution is -2.48. The third kappa shape index (κ3) is 4.74. The predicted octanol–water partition coefficient (Wildman–Crippen LogP) is 3.93. The molecule has 2 aromatic rings. The van der Waals surface area contributed by atoms with Gasteiger partial charge in [0.05, 0.1) is 12.7 Å². The molecule has 136 valence electrons. The summed E-state index contributed by atoms with van der Waals surface area (Å²) in [6.07, 6.45) is 4.33. The van der Waals surface area contributed by atoms with E-state index < -0.39 is 0 Å². The van der Waals surface area contributed by atoms with Crippen molar-refractivity contribution >= 4 is 27.9 Å². The zero-order chi connectivity index (χ0) is 18.4. The van der Waals surface area contributed by atoms with Gasteiger partial charge in [0, 0.05) is 37.2 Å². The van der Waals surface area contributed by atoms with Crippen molar-refractivity contribution in [1.82, 2.24) is 9.80 Å². The van der Waals surface area contributed by atoms with Crippen molar-refractivity contribution in [1.29, 1.82) is 0 Å². The number of rotatable bonds is 5. The van der Waals surface area contributed by atoms with E-state index in [0.29, 0.717) is 11.3 Å². The molecular formula is C21H23BrN2O2. The molecule has 3 rings (SSSR count). The maximum absolute atomic E-state index is 12.8. The number of hydrogen-bond acceptors (Lipinski definition) is 3. The Labute approximate surface area is 163 Å². The number of piperazine rings is 1. The van der Waals surface area contributed by atoms with Gasteiger partial charge < -0.3 is 9.64 Å². The van der Waals surface area contributed by atoms with Crippen LogP contribution in [0.2, 0.25) is 0 Å². The standard InChI is InChI=1S/C21H23BrN2O2/c1-26-18-9-10-20(22)19(16-18)21(25)24-14-12-23(13-15-24)11-5-8-17-6-3-2-4-7-17/h2-10,16H,11-15H2,1H3. The van der Waals surface area contributed by atoms with E-state index >= 15 is 0 Å². The van der Waals surface area contributed by atoms with Crippen molar-refractivity contribution in [3.63, 3.8) is 0 Å². The van der Waals surface area contributed by atoms with Crippen LogP contribution < -0.4 is 4.74 Å². The number of nitrogens with zero attached hydrogens (tertiary/aromatic N) is 2. The van der Waals surface area contributed by atoms with Crippen LogP contribution >= 0.6 is 15.9 Å². The van der Waals surface area contributed by atoms with Crippen LogP contribution in [0.1, 0.15) is 15.9 Å². The highest BCUT2D eigenvalue weighted by molar-refractivity contribution is 9.10. The van der Waals surface area contributed by atoms with E-state index in [1.165, 1.54) is 5.56 Å². The van der Waals surface area contributed by atoms with Gasteiger partial charge >= 0.3 is 0 Å². The molecule has 26 heavy (non-hydrogen) atoms. The Morgan fingerprint density at radius 3 is 2.54 bits per heavy atom. The molecule has 4 nitrogen and oxygen atoms in total. The van der Waals surface area contributed by atoms with E-state index in [2.05, 4.69) is 45.1 Å². The predicted molar refractivity (Wildman–Crippen MR) is 109 cm³/mol. The van der Waals surface area contributed by atoms with Crippen LogP contribution in [0, 0.1) is 0 Å². The van der Waals surface area contributed by atoms with Crippen LogP contribution in [0.4, 0.5) is 0 Å². The van der Waals surface area contributed by atoms with Gasteiger partial charge in [-0.3, -0.25) is 9.69 Å². The van der Waals surface area contributed by atoms with Crippen molar-refractivity contribution in [2.75, 3.05) is 39.8 Å². The zero-order valence-corrected chi connectivity index (χ0v) is 16.5. The highest BCUT2D eigenvalue weighted by Crippen LogP contribution is 2.24. The number of carbonyl (C=O) groups excluding carboxylic acids is 1. The average Bonchev–Trinajstić information content (AvgIpc) is 2.69. The van der Waals surface area contributed by atoms with Gasteiger partial charge in [0.2, 0.25) is 0 Å². The average molecular weight is 415 g/mol. The third-order valence-electron chi connectivity index (χ3n) is 4.54. The van der Waals surface area contributed by atoms with Gasteiger partial charge in [0.15, 0.2) is 0 Å². The Morgan fingerprint density at radius 1 is 1.12 bits per heavy atom. The molecule has 1 amide bonds. The lowest BCUT2D eigenvalue weighted by atomic mass is 10.1. The normalized spacial score (nSPS) is 15.4. The summed E-state index contributed by atoms with van der Waals surface area (Å²) in [6.45, 7) is 4.14. The Kier molecular flexibility index (Phi) is 6.47. The molecule has 0 radical (unpaired) electrons. The molecule has 0 atom stereocenters. The van der Waals surface area contributed by atoms with E-state index in [4.69, 9.17) is 4.74 Å². The monoisotopic (exact) mass is 414 g/mol. The lowest BCUT2D eigenvalue weighted by Gasteiger charge is -2.34. The molecule has 0 aromatic heterocycles. The molecule has 1 heterocycles. The van der Waals surface area contributed by atoms with Crippen LogP contribution in [-0.2, 0) is 0 Å². The number of carbonyl (C=O) groups is 1. The molecule has 2 aromatic carbocycles. The van der Waals surface area contributed by atoms with E-state index in [1.807, 2.05) is 35.2 Å². The van der Waals surface area contributed by atoms with E-state index in [0.717, 1.165) is 37.2 Å². The molecule has 0 aliphatic carbocycles. The van der Waals surface area contributed by atoms with Gasteiger partial charge in [-0.25, -0.2) is 0 Å². The first kappa shape index (κ1) is 18.7. The summed E-state index contributed by atoms with van der Waals surface area (Å²) in [7, 11) is 1.61. The minimum atomic E-state index is 0.0512. The van der Waals surface area contributed by atoms with E-state index in [9.17, 15) is 4.79 Å². The SMILES string of the molecule is COc1ccc(Br)c(C(=O)N2CCN(CC=Cc3ccccc3)CC2)c1. The van der Waals surface area contributed by atoms with Crippen LogP contribution in [-0.4, -0.2) is 55.5 Å². The number of halogens is 1. The molecule has 1 fully saturated rings. The maximum atomic E-state index is 12.8. The first-order valence-corrected chi connectivity index (χ1v) is 9.53. The fourth-order valence-electron chi connectivity index (χ4n) is 3.00. The Morgan fingerprint density at radius 2 is 1.85 bits per heavy atom. The zero-order valence-electron chi connectivity index (χ0n) is 14.9. The number of amides is 1. The Hall–Kier alpha value is -2.11. The molecular weight excluding hydrogens is 392 g/mol. The largest absolute Gasteiger partial charge is 0.497 e. The van der Waals surface area contributed by atoms with Crippen molar-refractivity contribution < 1.29 is 9.53 Å². The summed E-state index contributed by atoms with van der Waals surface area (Å²) in [5.41, 5.74) is 1.87. The fourth-order valence-corrected chi connectivity index (χ4v) is 3.42. The lowest BCUT2D eigenvalue weighted by molar-refractivity contribution is 0.0649. The van der Waals surface area contributed by atoms with Gasteiger partial charge in [-0.05, 0) is 39.7 Å². The number of ether oxygens (including phenoxy) is 1. The second-order valence-electron chi connectivity index (χ2n) is 6.25. The third-order valence-corrected chi connectivity index (χ3v) is 5.23. The molecule has 0 unspecified atom stereocenters. The van der Waals surface area contributed by atoms with E-state index in [-0.39, 0.29) is 5.91 Å². The summed E-state index contributed by atoms with van der Waals surface area (Å²) >= 11 is 3.47. The molecule has 1 aliphatic rings. The summed E-state index contributed by atoms with van der Waals surface area (Å²) in [4.78, 5) is 17.1. The maximum Gasteiger partial charge on any atom is 0.255 e. The Balaban J connectivity index is 1.53. The Bertz CT molecular complexity index is 769. The van der Waals surface area contributed by atoms with Gasteiger partial charge in [0.25, 0.3) is 5.91 Å². The molecule has 1 saturated heterocycles. The summed E-state index contributed by atoms with van der Waals surface area (Å²) in [5, 5.41) is 0. The van der Waals surface area contributed by atoms with Gasteiger partial charge in [0.1, 0.15) is 5.75 Å². The van der Waals surface area contributed by atoms with Crippen LogP contribution in [0.25, 0.3) is 6.08 Å². The van der Waals surface area contributed by atoms with Gasteiger partial charge in [-0.2, -0.15) is 0 Å². The highest BCUT2D eigenvalue weighted by atomic mass is 79.9. The van der Waals surface area contributed by atoms with Crippen LogP contribution in [0.3, 0.4) is 0 Å². The second-order valence-corrected chi connectivity index (χ2v) is 7.11. The van der Waals surface area contributed by atoms with Gasteiger partial charge in [-0.15, -0.1) is 0 Å². The van der Waals surface area contributed by atoms with Gasteiger partial charge in [-0.1, -0.05) is 42.5 Å². The molecule has 0 spiro atoms. The second kappa shape index (κ2) is 9.01. The number of hydrogen-bond donors (Lipinski definition) is 0. The quantitative estimate of drug-likeness (QED) is 0.742. The summed E-state index contributed by atoms with van der Waals surface area (Å²) in [6, 6.07) is 15.8. The van der Waals surface area contributed by atoms with E-state index in [1.54, 1.807) is 13.2 Å². The molecule has 0 saturated carbocycles. The van der Waals surface area contributed by atoms with Crippen molar-refractivity contribution in [2.45, 2.75) is 0 Å². The first-order valence-electron chi connectivity index (χ1n) is 8.74. The molecule has 0 N–H and O–H groups in total. The first-order chi connectivity index (χ1) is 12.7. The summed E-state index contributed by atoms with van der Waals surface area (Å²) < 4.78 is 6.04. The fraction of sp³-hybridized carbons (Fsp3) is 0.286. The molecule has 5 heteroatoms. The minimum Gasteiger partial charge on any atom is -0.497 e. The van der Waals surface area contributed by atoms with Crippen molar-refractivity contribution in [3.8, 4) is 5.75 Å². The smallest absolute Gasteiger partial charge is 0.255 e. The van der Waals surface area contributed by atoms with Crippen LogP contribution in [0.5, 0.6) is 5.75 Å². The number of methoxy groups -OCH3 is 1. The topological polar surface area (TPSA) is 32.8 Å². The minimum absolute atomic E-state index is 0.0512.